The van der Waals surface area contributed by atoms with Crippen LogP contribution in [-0.4, -0.2) is 0 Å². The maximum absolute atomic E-state index is 2.40. The Morgan fingerprint density at radius 1 is 0.520 bits per heavy atom. The van der Waals surface area contributed by atoms with Crippen molar-refractivity contribution in [3.8, 4) is 0 Å². The molecule has 120 valence electrons. The Labute approximate surface area is 154 Å². The van der Waals surface area contributed by atoms with E-state index in [1.165, 1.54) is 37.2 Å². The van der Waals surface area contributed by atoms with E-state index in [0.29, 0.717) is 0 Å². The molecule has 0 fully saturated rings. The summed E-state index contributed by atoms with van der Waals surface area (Å²) >= 11 is 3.61. The second-order valence-electron chi connectivity index (χ2n) is 5.93. The zero-order valence-electron chi connectivity index (χ0n) is 13.4. The van der Waals surface area contributed by atoms with E-state index in [1.807, 2.05) is 0 Å². The van der Waals surface area contributed by atoms with Crippen molar-refractivity contribution in [1.82, 2.24) is 0 Å². The zero-order valence-corrected chi connectivity index (χ0v) is 15.1. The Hall–Kier alpha value is -2.62. The van der Waals surface area contributed by atoms with Crippen LogP contribution in [-0.2, 0) is 0 Å². The van der Waals surface area contributed by atoms with Gasteiger partial charge >= 0.3 is 0 Å². The number of para-hydroxylation sites is 1. The van der Waals surface area contributed by atoms with Gasteiger partial charge in [0.15, 0.2) is 0 Å². The normalized spacial score (nSPS) is 11.2. The summed E-state index contributed by atoms with van der Waals surface area (Å²) in [6.45, 7) is 0. The van der Waals surface area contributed by atoms with E-state index in [9.17, 15) is 0 Å². The summed E-state index contributed by atoms with van der Waals surface area (Å²) in [5, 5.41) is 12.2. The van der Waals surface area contributed by atoms with Gasteiger partial charge in [0.05, 0.1) is 0 Å². The maximum Gasteiger partial charge on any atom is 0.109 e. The molecule has 5 aromatic rings. The molecule has 0 atom stereocenters. The van der Waals surface area contributed by atoms with Crippen molar-refractivity contribution >= 4 is 59.9 Å². The van der Waals surface area contributed by atoms with Gasteiger partial charge in [0.25, 0.3) is 0 Å². The first-order valence-electron chi connectivity index (χ1n) is 8.19. The molecule has 0 radical (unpaired) electrons. The molecule has 0 spiro atoms. The Kier molecular flexibility index (Phi) is 3.54. The van der Waals surface area contributed by atoms with Crippen molar-refractivity contribution in [2.24, 2.45) is 0 Å². The molecule has 2 heterocycles. The van der Waals surface area contributed by atoms with E-state index >= 15 is 0 Å². The molecule has 25 heavy (non-hydrogen) atoms. The Balaban J connectivity index is 1.81. The molecule has 0 saturated heterocycles. The second kappa shape index (κ2) is 6.03. The maximum atomic E-state index is 2.40. The van der Waals surface area contributed by atoms with Gasteiger partial charge in [-0.1, -0.05) is 66.7 Å². The summed E-state index contributed by atoms with van der Waals surface area (Å²) in [5.41, 5.74) is 1.20. The van der Waals surface area contributed by atoms with Gasteiger partial charge in [-0.2, -0.15) is 0 Å². The lowest BCUT2D eigenvalue weighted by atomic mass is 10.2. The molecule has 0 aliphatic carbocycles. The zero-order chi connectivity index (χ0) is 16.6. The molecule has 2 aromatic heterocycles. The third-order valence-electron chi connectivity index (χ3n) is 4.40. The van der Waals surface area contributed by atoms with Gasteiger partial charge in [0, 0.05) is 27.2 Å². The minimum absolute atomic E-state index is 1.20. The fourth-order valence-corrected chi connectivity index (χ4v) is 5.38. The fourth-order valence-electron chi connectivity index (χ4n) is 3.20. The van der Waals surface area contributed by atoms with Crippen LogP contribution in [0.2, 0.25) is 0 Å². The number of thiophene rings is 2. The highest BCUT2D eigenvalue weighted by atomic mass is 32.1. The quantitative estimate of drug-likeness (QED) is 0.321. The van der Waals surface area contributed by atoms with Crippen LogP contribution in [0.25, 0.3) is 21.5 Å². The van der Waals surface area contributed by atoms with Crippen LogP contribution in [0.4, 0.5) is 15.7 Å². The summed E-state index contributed by atoms with van der Waals surface area (Å²) in [7, 11) is 0. The molecule has 0 unspecified atom stereocenters. The van der Waals surface area contributed by atoms with Gasteiger partial charge in [-0.05, 0) is 22.9 Å². The van der Waals surface area contributed by atoms with Gasteiger partial charge in [-0.15, -0.1) is 22.7 Å². The van der Waals surface area contributed by atoms with Crippen molar-refractivity contribution < 1.29 is 0 Å². The van der Waals surface area contributed by atoms with Crippen LogP contribution < -0.4 is 4.90 Å². The van der Waals surface area contributed by atoms with Crippen molar-refractivity contribution in [1.29, 1.82) is 0 Å². The molecule has 5 rings (SSSR count). The van der Waals surface area contributed by atoms with E-state index in [0.717, 1.165) is 0 Å². The molecule has 3 heteroatoms. The predicted molar refractivity (Wildman–Crippen MR) is 112 cm³/mol. The molecular formula is C22H15NS2. The first-order valence-corrected chi connectivity index (χ1v) is 9.95. The largest absolute Gasteiger partial charge is 0.292 e. The molecule has 0 aliphatic rings. The summed E-state index contributed by atoms with van der Waals surface area (Å²) in [6, 6.07) is 27.9. The number of hydrogen-bond acceptors (Lipinski definition) is 3. The van der Waals surface area contributed by atoms with Crippen LogP contribution in [0.1, 0.15) is 0 Å². The summed E-state index contributed by atoms with van der Waals surface area (Å²) in [4.78, 5) is 2.40. The van der Waals surface area contributed by atoms with E-state index in [-0.39, 0.29) is 0 Å². The number of hydrogen-bond donors (Lipinski definition) is 0. The molecule has 0 N–H and O–H groups in total. The van der Waals surface area contributed by atoms with Crippen LogP contribution in [0.15, 0.2) is 89.6 Å². The topological polar surface area (TPSA) is 3.24 Å². The Bertz CT molecular complexity index is 1080. The highest BCUT2D eigenvalue weighted by Crippen LogP contribution is 2.47. The molecule has 0 saturated carbocycles. The standard InChI is InChI=1S/C22H15NS2/c1-2-10-18(11-3-1)23(21-19-12-6-4-8-16(19)14-24-21)22-20-13-7-5-9-17(20)15-25-22/h1-15H. The number of rotatable bonds is 3. The van der Waals surface area contributed by atoms with E-state index in [4.69, 9.17) is 0 Å². The van der Waals surface area contributed by atoms with Crippen LogP contribution >= 0.6 is 22.7 Å². The molecule has 0 aliphatic heterocycles. The smallest absolute Gasteiger partial charge is 0.109 e. The Morgan fingerprint density at radius 2 is 1.00 bits per heavy atom. The number of nitrogens with zero attached hydrogens (tertiary/aromatic N) is 1. The number of fused-ring (bicyclic) bond motifs is 2. The molecular weight excluding hydrogens is 342 g/mol. The highest BCUT2D eigenvalue weighted by Gasteiger charge is 2.19. The minimum Gasteiger partial charge on any atom is -0.292 e. The molecule has 1 nitrogen and oxygen atoms in total. The van der Waals surface area contributed by atoms with Gasteiger partial charge in [-0.3, -0.25) is 4.90 Å². The lowest BCUT2D eigenvalue weighted by Crippen LogP contribution is -2.07. The average Bonchev–Trinajstić information content (AvgIpc) is 3.29. The van der Waals surface area contributed by atoms with Crippen LogP contribution in [0, 0.1) is 0 Å². The first kappa shape index (κ1) is 14.7. The van der Waals surface area contributed by atoms with Crippen molar-refractivity contribution in [2.45, 2.75) is 0 Å². The van der Waals surface area contributed by atoms with E-state index in [1.54, 1.807) is 22.7 Å². The lowest BCUT2D eigenvalue weighted by Gasteiger charge is -2.23. The van der Waals surface area contributed by atoms with Crippen LogP contribution in [0.5, 0.6) is 0 Å². The summed E-state index contributed by atoms with van der Waals surface area (Å²) in [6.07, 6.45) is 0. The monoisotopic (exact) mass is 357 g/mol. The van der Waals surface area contributed by atoms with E-state index < -0.39 is 0 Å². The SMILES string of the molecule is c1ccc(N(c2scc3ccccc23)c2scc3ccccc23)cc1. The fraction of sp³-hybridized carbons (Fsp3) is 0. The highest BCUT2D eigenvalue weighted by molar-refractivity contribution is 7.18. The van der Waals surface area contributed by atoms with Gasteiger partial charge in [0.2, 0.25) is 0 Å². The van der Waals surface area contributed by atoms with Gasteiger partial charge < -0.3 is 0 Å². The summed E-state index contributed by atoms with van der Waals surface area (Å²) < 4.78 is 0. The average molecular weight is 358 g/mol. The minimum atomic E-state index is 1.20. The molecule has 0 bridgehead atoms. The van der Waals surface area contributed by atoms with Gasteiger partial charge in [0.1, 0.15) is 10.0 Å². The second-order valence-corrected chi connectivity index (χ2v) is 7.64. The lowest BCUT2D eigenvalue weighted by molar-refractivity contribution is 1.38. The van der Waals surface area contributed by atoms with Crippen molar-refractivity contribution in [3.63, 3.8) is 0 Å². The third-order valence-corrected chi connectivity index (χ3v) is 6.39. The predicted octanol–water partition coefficient (Wildman–Crippen LogP) is 7.59. The van der Waals surface area contributed by atoms with Gasteiger partial charge in [-0.25, -0.2) is 0 Å². The van der Waals surface area contributed by atoms with Crippen LogP contribution in [0.3, 0.4) is 0 Å². The molecule has 0 amide bonds. The van der Waals surface area contributed by atoms with E-state index in [2.05, 4.69) is 94.5 Å². The van der Waals surface area contributed by atoms with Crippen molar-refractivity contribution in [2.75, 3.05) is 4.90 Å². The molecule has 3 aromatic carbocycles. The Morgan fingerprint density at radius 3 is 1.56 bits per heavy atom. The third kappa shape index (κ3) is 2.44. The van der Waals surface area contributed by atoms with Crippen molar-refractivity contribution in [3.05, 3.63) is 89.6 Å². The number of anilines is 3. The number of benzene rings is 3. The summed E-state index contributed by atoms with van der Waals surface area (Å²) in [5.74, 6) is 0. The first-order chi connectivity index (χ1) is 12.4.